The second-order valence-corrected chi connectivity index (χ2v) is 8.00. The monoisotopic (exact) mass is 375 g/mol. The van der Waals surface area contributed by atoms with Crippen LogP contribution in [0.25, 0.3) is 0 Å². The van der Waals surface area contributed by atoms with Gasteiger partial charge in [-0.15, -0.1) is 0 Å². The van der Waals surface area contributed by atoms with Crippen LogP contribution in [-0.2, 0) is 9.53 Å². The van der Waals surface area contributed by atoms with Gasteiger partial charge in [0.25, 0.3) is 5.91 Å². The molecule has 0 heterocycles. The summed E-state index contributed by atoms with van der Waals surface area (Å²) >= 11 is 6.54. The first-order valence-corrected chi connectivity index (χ1v) is 10.3. The van der Waals surface area contributed by atoms with Crippen molar-refractivity contribution in [3.8, 4) is 0 Å². The fraction of sp³-hybridized carbons (Fsp3) is 0.591. The number of rotatable bonds is 6. The van der Waals surface area contributed by atoms with Crippen molar-refractivity contribution in [3.63, 3.8) is 0 Å². The first-order chi connectivity index (χ1) is 12.7. The van der Waals surface area contributed by atoms with Crippen molar-refractivity contribution in [3.05, 3.63) is 46.1 Å². The summed E-state index contributed by atoms with van der Waals surface area (Å²) in [7, 11) is 1.71. The van der Waals surface area contributed by atoms with Crippen LogP contribution in [0.4, 0.5) is 0 Å². The molecule has 4 heteroatoms. The van der Waals surface area contributed by atoms with Crippen LogP contribution in [0, 0.1) is 11.8 Å². The van der Waals surface area contributed by atoms with E-state index in [4.69, 9.17) is 16.3 Å². The number of carbonyl (C=O) groups excluding carboxylic acids is 1. The Bertz CT molecular complexity index is 637. The molecular formula is C22H30ClNO2. The number of carbonyl (C=O) groups is 1. The molecule has 1 atom stereocenters. The molecule has 0 aromatic rings. The maximum Gasteiger partial charge on any atom is 0.251 e. The molecular weight excluding hydrogens is 346 g/mol. The highest BCUT2D eigenvalue weighted by molar-refractivity contribution is 6.33. The highest BCUT2D eigenvalue weighted by Crippen LogP contribution is 2.42. The number of halogens is 1. The van der Waals surface area contributed by atoms with Gasteiger partial charge in [-0.1, -0.05) is 55.0 Å². The van der Waals surface area contributed by atoms with Gasteiger partial charge in [0.2, 0.25) is 0 Å². The van der Waals surface area contributed by atoms with E-state index in [-0.39, 0.29) is 11.8 Å². The topological polar surface area (TPSA) is 38.3 Å². The molecule has 1 unspecified atom stereocenters. The molecule has 142 valence electrons. The Morgan fingerprint density at radius 3 is 2.77 bits per heavy atom. The number of amides is 1. The number of allylic oxidation sites excluding steroid dienone is 5. The standard InChI is InChI=1S/C22H30ClNO2/c1-26-13-12-17-14-19(21-18(17)10-6-7-11-20(21)23)22(25)24-15-16-8-4-2-3-5-9-16/h6-7,11,14,16,18H,2-5,8-10,12-13,15H2,1H3,(H,24,25). The number of nitrogens with one attached hydrogen (secondary N) is 1. The molecule has 0 aromatic heterocycles. The number of fused-ring (bicyclic) bond motifs is 1. The third kappa shape index (κ3) is 4.69. The van der Waals surface area contributed by atoms with E-state index in [1.54, 1.807) is 7.11 Å². The van der Waals surface area contributed by atoms with Crippen LogP contribution < -0.4 is 5.32 Å². The van der Waals surface area contributed by atoms with Gasteiger partial charge in [0.05, 0.1) is 0 Å². The summed E-state index contributed by atoms with van der Waals surface area (Å²) in [5.41, 5.74) is 2.99. The Morgan fingerprint density at radius 2 is 2.04 bits per heavy atom. The van der Waals surface area contributed by atoms with E-state index >= 15 is 0 Å². The third-order valence-corrected chi connectivity index (χ3v) is 6.12. The largest absolute Gasteiger partial charge is 0.384 e. The quantitative estimate of drug-likeness (QED) is 0.660. The summed E-state index contributed by atoms with van der Waals surface area (Å²) in [6.45, 7) is 1.44. The smallest absolute Gasteiger partial charge is 0.251 e. The minimum absolute atomic E-state index is 0.0233. The van der Waals surface area contributed by atoms with Crippen molar-refractivity contribution in [2.75, 3.05) is 20.3 Å². The highest BCUT2D eigenvalue weighted by Gasteiger charge is 2.32. The molecule has 0 saturated heterocycles. The molecule has 0 spiro atoms. The molecule has 3 aliphatic rings. The van der Waals surface area contributed by atoms with E-state index in [0.29, 0.717) is 17.6 Å². The molecule has 1 N–H and O–H groups in total. The molecule has 0 aromatic carbocycles. The lowest BCUT2D eigenvalue weighted by Crippen LogP contribution is -2.30. The van der Waals surface area contributed by atoms with E-state index < -0.39 is 0 Å². The zero-order valence-corrected chi connectivity index (χ0v) is 16.5. The summed E-state index contributed by atoms with van der Waals surface area (Å²) in [4.78, 5) is 13.0. The molecule has 0 bridgehead atoms. The van der Waals surface area contributed by atoms with Crippen molar-refractivity contribution in [2.45, 2.75) is 51.4 Å². The first kappa shape index (κ1) is 19.4. The minimum atomic E-state index is 0.0233. The Morgan fingerprint density at radius 1 is 1.27 bits per heavy atom. The predicted molar refractivity (Wildman–Crippen MR) is 107 cm³/mol. The lowest BCUT2D eigenvalue weighted by Gasteiger charge is -2.18. The summed E-state index contributed by atoms with van der Waals surface area (Å²) in [6.07, 6.45) is 17.5. The minimum Gasteiger partial charge on any atom is -0.384 e. The second kappa shape index (κ2) is 9.57. The van der Waals surface area contributed by atoms with Gasteiger partial charge in [-0.2, -0.15) is 0 Å². The van der Waals surface area contributed by atoms with Crippen LogP contribution in [0.3, 0.4) is 0 Å². The fourth-order valence-electron chi connectivity index (χ4n) is 4.31. The number of ether oxygens (including phenoxy) is 1. The van der Waals surface area contributed by atoms with E-state index in [1.807, 2.05) is 12.2 Å². The predicted octanol–water partition coefficient (Wildman–Crippen LogP) is 5.04. The van der Waals surface area contributed by atoms with Gasteiger partial charge in [-0.05, 0) is 49.3 Å². The van der Waals surface area contributed by atoms with E-state index in [1.165, 1.54) is 44.1 Å². The van der Waals surface area contributed by atoms with E-state index in [0.717, 1.165) is 30.5 Å². The van der Waals surface area contributed by atoms with Crippen molar-refractivity contribution in [2.24, 2.45) is 11.8 Å². The molecule has 3 rings (SSSR count). The molecule has 3 aliphatic carbocycles. The number of hydrogen-bond acceptors (Lipinski definition) is 2. The highest BCUT2D eigenvalue weighted by atomic mass is 35.5. The van der Waals surface area contributed by atoms with Gasteiger partial charge >= 0.3 is 0 Å². The Kier molecular flexibility index (Phi) is 7.15. The van der Waals surface area contributed by atoms with Gasteiger partial charge < -0.3 is 10.1 Å². The maximum absolute atomic E-state index is 13.0. The van der Waals surface area contributed by atoms with E-state index in [2.05, 4.69) is 17.5 Å². The maximum atomic E-state index is 13.0. The molecule has 3 nitrogen and oxygen atoms in total. The lowest BCUT2D eigenvalue weighted by molar-refractivity contribution is -0.117. The van der Waals surface area contributed by atoms with Gasteiger partial charge in [0.15, 0.2) is 0 Å². The van der Waals surface area contributed by atoms with Crippen molar-refractivity contribution in [1.82, 2.24) is 5.32 Å². The molecule has 1 saturated carbocycles. The summed E-state index contributed by atoms with van der Waals surface area (Å²) in [5, 5.41) is 3.88. The Labute approximate surface area is 162 Å². The van der Waals surface area contributed by atoms with Gasteiger partial charge in [-0.3, -0.25) is 4.79 Å². The molecule has 1 amide bonds. The summed E-state index contributed by atoms with van der Waals surface area (Å²) in [6, 6.07) is 0. The Balaban J connectivity index is 1.73. The average molecular weight is 376 g/mol. The Hall–Kier alpha value is -1.32. The molecule has 0 radical (unpaired) electrons. The molecule has 1 fully saturated rings. The van der Waals surface area contributed by atoms with Gasteiger partial charge in [0, 0.05) is 36.8 Å². The van der Waals surface area contributed by atoms with Crippen LogP contribution >= 0.6 is 11.6 Å². The number of hydrogen-bond donors (Lipinski definition) is 1. The average Bonchev–Trinajstić information content (AvgIpc) is 2.80. The van der Waals surface area contributed by atoms with Gasteiger partial charge in [0.1, 0.15) is 0 Å². The van der Waals surface area contributed by atoms with Crippen molar-refractivity contribution in [1.29, 1.82) is 0 Å². The van der Waals surface area contributed by atoms with Crippen molar-refractivity contribution >= 4 is 17.5 Å². The zero-order chi connectivity index (χ0) is 18.4. The zero-order valence-electron chi connectivity index (χ0n) is 15.7. The molecule has 0 aliphatic heterocycles. The first-order valence-electron chi connectivity index (χ1n) is 9.95. The lowest BCUT2D eigenvalue weighted by atomic mass is 9.90. The second-order valence-electron chi connectivity index (χ2n) is 7.59. The summed E-state index contributed by atoms with van der Waals surface area (Å²) < 4.78 is 5.25. The summed E-state index contributed by atoms with van der Waals surface area (Å²) in [5.74, 6) is 0.837. The normalized spacial score (nSPS) is 23.8. The third-order valence-electron chi connectivity index (χ3n) is 5.79. The van der Waals surface area contributed by atoms with Crippen LogP contribution in [0.15, 0.2) is 46.1 Å². The van der Waals surface area contributed by atoms with Crippen LogP contribution in [0.2, 0.25) is 0 Å². The van der Waals surface area contributed by atoms with Crippen LogP contribution in [0.1, 0.15) is 51.4 Å². The van der Waals surface area contributed by atoms with Crippen LogP contribution in [-0.4, -0.2) is 26.2 Å². The molecule has 26 heavy (non-hydrogen) atoms. The fourth-order valence-corrected chi connectivity index (χ4v) is 4.62. The SMILES string of the molecule is COCCC1=CC(C(=O)NCC2CCCCCC2)=C2C(Cl)=CC=CCC12. The number of methoxy groups -OCH3 is 1. The van der Waals surface area contributed by atoms with Gasteiger partial charge in [-0.25, -0.2) is 0 Å². The van der Waals surface area contributed by atoms with Crippen LogP contribution in [0.5, 0.6) is 0 Å². The van der Waals surface area contributed by atoms with Crippen molar-refractivity contribution < 1.29 is 9.53 Å². The van der Waals surface area contributed by atoms with E-state index in [9.17, 15) is 4.79 Å².